The van der Waals surface area contributed by atoms with Crippen LogP contribution in [-0.4, -0.2) is 4.98 Å². The van der Waals surface area contributed by atoms with Crippen LogP contribution in [0.15, 0.2) is 30.5 Å². The lowest BCUT2D eigenvalue weighted by Gasteiger charge is -2.07. The Kier molecular flexibility index (Phi) is 3.45. The highest BCUT2D eigenvalue weighted by molar-refractivity contribution is 6.31. The molecule has 2 nitrogen and oxygen atoms in total. The number of aromatic nitrogens is 1. The van der Waals surface area contributed by atoms with Gasteiger partial charge in [-0.3, -0.25) is 0 Å². The molecule has 0 aliphatic rings. The molecule has 17 heavy (non-hydrogen) atoms. The van der Waals surface area contributed by atoms with Crippen LogP contribution >= 0.6 is 23.2 Å². The molecule has 0 N–H and O–H groups in total. The molecular formula is C11H5Cl2F2NO. The van der Waals surface area contributed by atoms with Crippen LogP contribution in [0.5, 0.6) is 11.6 Å². The number of halogens is 4. The molecule has 0 radical (unpaired) electrons. The maximum atomic E-state index is 13.5. The van der Waals surface area contributed by atoms with Gasteiger partial charge in [-0.1, -0.05) is 29.3 Å². The SMILES string of the molecule is Fc1cc(Cl)cnc1Oc1cccc(Cl)c1F. The molecule has 1 aromatic carbocycles. The van der Waals surface area contributed by atoms with Crippen LogP contribution in [0.25, 0.3) is 0 Å². The van der Waals surface area contributed by atoms with Crippen molar-refractivity contribution in [2.75, 3.05) is 0 Å². The van der Waals surface area contributed by atoms with E-state index in [0.717, 1.165) is 6.07 Å². The second-order valence-corrected chi connectivity index (χ2v) is 3.94. The predicted octanol–water partition coefficient (Wildman–Crippen LogP) is 4.46. The van der Waals surface area contributed by atoms with Crippen molar-refractivity contribution in [2.24, 2.45) is 0 Å². The maximum absolute atomic E-state index is 13.5. The smallest absolute Gasteiger partial charge is 0.256 e. The summed E-state index contributed by atoms with van der Waals surface area (Å²) < 4.78 is 31.8. The first kappa shape index (κ1) is 12.1. The van der Waals surface area contributed by atoms with Crippen LogP contribution < -0.4 is 4.74 Å². The third-order valence-electron chi connectivity index (χ3n) is 1.90. The first-order chi connectivity index (χ1) is 8.08. The van der Waals surface area contributed by atoms with Crippen molar-refractivity contribution >= 4 is 23.2 Å². The quantitative estimate of drug-likeness (QED) is 0.807. The molecule has 0 bridgehead atoms. The topological polar surface area (TPSA) is 22.1 Å². The summed E-state index contributed by atoms with van der Waals surface area (Å²) in [6.07, 6.45) is 1.20. The highest BCUT2D eigenvalue weighted by Crippen LogP contribution is 2.29. The molecule has 0 saturated carbocycles. The van der Waals surface area contributed by atoms with Gasteiger partial charge in [0.25, 0.3) is 5.88 Å². The number of benzene rings is 1. The van der Waals surface area contributed by atoms with E-state index in [0.29, 0.717) is 0 Å². The molecule has 88 valence electrons. The van der Waals surface area contributed by atoms with Gasteiger partial charge in [0.15, 0.2) is 17.4 Å². The molecule has 6 heteroatoms. The van der Waals surface area contributed by atoms with Gasteiger partial charge in [0, 0.05) is 6.20 Å². The third kappa shape index (κ3) is 2.65. The van der Waals surface area contributed by atoms with Crippen molar-refractivity contribution in [1.29, 1.82) is 0 Å². The number of rotatable bonds is 2. The van der Waals surface area contributed by atoms with E-state index >= 15 is 0 Å². The largest absolute Gasteiger partial charge is 0.433 e. The highest BCUT2D eigenvalue weighted by atomic mass is 35.5. The first-order valence-corrected chi connectivity index (χ1v) is 5.26. The minimum Gasteiger partial charge on any atom is -0.433 e. The zero-order valence-corrected chi connectivity index (χ0v) is 9.77. The number of hydrogen-bond acceptors (Lipinski definition) is 2. The minimum atomic E-state index is -0.781. The van der Waals surface area contributed by atoms with Crippen LogP contribution in [0.4, 0.5) is 8.78 Å². The van der Waals surface area contributed by atoms with E-state index < -0.39 is 11.6 Å². The summed E-state index contributed by atoms with van der Waals surface area (Å²) >= 11 is 11.1. The van der Waals surface area contributed by atoms with Crippen molar-refractivity contribution in [2.45, 2.75) is 0 Å². The molecule has 1 heterocycles. The molecule has 0 unspecified atom stereocenters. The van der Waals surface area contributed by atoms with Gasteiger partial charge in [-0.2, -0.15) is 0 Å². The van der Waals surface area contributed by atoms with Gasteiger partial charge < -0.3 is 4.74 Å². The average Bonchev–Trinajstić information content (AvgIpc) is 2.28. The van der Waals surface area contributed by atoms with Crippen molar-refractivity contribution in [3.8, 4) is 11.6 Å². The van der Waals surface area contributed by atoms with E-state index in [1.807, 2.05) is 0 Å². The van der Waals surface area contributed by atoms with Gasteiger partial charge in [0.1, 0.15) is 0 Å². The molecule has 0 saturated heterocycles. The van der Waals surface area contributed by atoms with E-state index in [1.165, 1.54) is 24.4 Å². The van der Waals surface area contributed by atoms with E-state index in [1.54, 1.807) is 0 Å². The second-order valence-electron chi connectivity index (χ2n) is 3.09. The number of nitrogens with zero attached hydrogens (tertiary/aromatic N) is 1. The highest BCUT2D eigenvalue weighted by Gasteiger charge is 2.12. The van der Waals surface area contributed by atoms with Gasteiger partial charge in [-0.05, 0) is 18.2 Å². The molecule has 0 spiro atoms. The molecular weight excluding hydrogens is 271 g/mol. The molecule has 2 aromatic rings. The fraction of sp³-hybridized carbons (Fsp3) is 0. The fourth-order valence-electron chi connectivity index (χ4n) is 1.14. The van der Waals surface area contributed by atoms with Crippen molar-refractivity contribution in [1.82, 2.24) is 4.98 Å². The molecule has 0 atom stereocenters. The van der Waals surface area contributed by atoms with Crippen molar-refractivity contribution in [3.05, 3.63) is 52.1 Å². The average molecular weight is 276 g/mol. The summed E-state index contributed by atoms with van der Waals surface area (Å²) in [6.45, 7) is 0. The lowest BCUT2D eigenvalue weighted by atomic mass is 10.3. The van der Waals surface area contributed by atoms with Crippen LogP contribution in [0.2, 0.25) is 10.0 Å². The zero-order valence-electron chi connectivity index (χ0n) is 8.25. The third-order valence-corrected chi connectivity index (χ3v) is 2.40. The van der Waals surface area contributed by atoms with Crippen LogP contribution in [-0.2, 0) is 0 Å². The lowest BCUT2D eigenvalue weighted by molar-refractivity contribution is 0.398. The Morgan fingerprint density at radius 3 is 2.65 bits per heavy atom. The van der Waals surface area contributed by atoms with E-state index in [9.17, 15) is 8.78 Å². The summed E-state index contributed by atoms with van der Waals surface area (Å²) in [6, 6.07) is 5.17. The molecule has 1 aromatic heterocycles. The molecule has 2 rings (SSSR count). The maximum Gasteiger partial charge on any atom is 0.256 e. The standard InChI is InChI=1S/C11H5Cl2F2NO/c12-6-4-8(14)11(16-5-6)17-9-3-1-2-7(13)10(9)15/h1-5H. The Hall–Kier alpha value is -1.39. The second kappa shape index (κ2) is 4.85. The van der Waals surface area contributed by atoms with Gasteiger partial charge in [0.2, 0.25) is 0 Å². The Morgan fingerprint density at radius 1 is 1.18 bits per heavy atom. The van der Waals surface area contributed by atoms with E-state index in [-0.39, 0.29) is 21.7 Å². The number of pyridine rings is 1. The molecule has 0 fully saturated rings. The predicted molar refractivity (Wildman–Crippen MR) is 60.7 cm³/mol. The lowest BCUT2D eigenvalue weighted by Crippen LogP contribution is -1.94. The Labute approximate surface area is 106 Å². The van der Waals surface area contributed by atoms with Crippen LogP contribution in [0, 0.1) is 11.6 Å². The minimum absolute atomic E-state index is 0.114. The van der Waals surface area contributed by atoms with Crippen molar-refractivity contribution < 1.29 is 13.5 Å². The van der Waals surface area contributed by atoms with E-state index in [2.05, 4.69) is 4.98 Å². The Morgan fingerprint density at radius 2 is 1.94 bits per heavy atom. The van der Waals surface area contributed by atoms with Gasteiger partial charge in [0.05, 0.1) is 10.0 Å². The molecule has 0 aliphatic carbocycles. The van der Waals surface area contributed by atoms with Crippen LogP contribution in [0.1, 0.15) is 0 Å². The van der Waals surface area contributed by atoms with Gasteiger partial charge in [-0.15, -0.1) is 0 Å². The molecule has 0 aliphatic heterocycles. The summed E-state index contributed by atoms with van der Waals surface area (Å²) in [5, 5.41) is 0.0123. The normalized spacial score (nSPS) is 10.4. The Bertz CT molecular complexity index is 563. The monoisotopic (exact) mass is 275 g/mol. The van der Waals surface area contributed by atoms with Crippen LogP contribution in [0.3, 0.4) is 0 Å². The fourth-order valence-corrected chi connectivity index (χ4v) is 1.45. The molecule has 0 amide bonds. The summed E-state index contributed by atoms with van der Waals surface area (Å²) in [4.78, 5) is 3.60. The number of hydrogen-bond donors (Lipinski definition) is 0. The zero-order chi connectivity index (χ0) is 12.4. The number of ether oxygens (including phenoxy) is 1. The summed E-state index contributed by atoms with van der Waals surface area (Å²) in [5.41, 5.74) is 0. The van der Waals surface area contributed by atoms with E-state index in [4.69, 9.17) is 27.9 Å². The van der Waals surface area contributed by atoms with Gasteiger partial charge >= 0.3 is 0 Å². The summed E-state index contributed by atoms with van der Waals surface area (Å²) in [7, 11) is 0. The van der Waals surface area contributed by atoms with Crippen molar-refractivity contribution in [3.63, 3.8) is 0 Å². The first-order valence-electron chi connectivity index (χ1n) is 4.51. The Balaban J connectivity index is 2.35. The van der Waals surface area contributed by atoms with Gasteiger partial charge in [-0.25, -0.2) is 13.8 Å². The summed E-state index contributed by atoms with van der Waals surface area (Å²) in [5.74, 6) is -2.12.